The maximum atomic E-state index is 6.04. The molecule has 0 fully saturated rings. The fourth-order valence-electron chi connectivity index (χ4n) is 1.84. The van der Waals surface area contributed by atoms with Gasteiger partial charge in [-0.2, -0.15) is 0 Å². The Morgan fingerprint density at radius 1 is 1.08 bits per heavy atom. The van der Waals surface area contributed by atoms with Gasteiger partial charge in [-0.3, -0.25) is 0 Å². The minimum Gasteiger partial charge on any atom is -0.130 e. The Morgan fingerprint density at radius 2 is 1.62 bits per heavy atom. The van der Waals surface area contributed by atoms with E-state index in [1.54, 1.807) is 0 Å². The lowest BCUT2D eigenvalue weighted by Crippen LogP contribution is -2.20. The summed E-state index contributed by atoms with van der Waals surface area (Å²) in [5.74, 6) is 0. The molecule has 0 unspecified atom stereocenters. The number of alkyl halides is 1. The lowest BCUT2D eigenvalue weighted by atomic mass is 10.5. The highest BCUT2D eigenvalue weighted by molar-refractivity contribution is 6.81. The van der Waals surface area contributed by atoms with Gasteiger partial charge in [0.25, 0.3) is 0 Å². The minimum atomic E-state index is -1.00. The standard InChI is InChI=1S/C11H13ClSi/c12-9-13(10-5-1-2-6-10)11-7-3-4-8-11/h1,3,5-8,13H,2,4,9H2. The topological polar surface area (TPSA) is 0 Å². The molecule has 0 amide bonds. The Morgan fingerprint density at radius 3 is 1.92 bits per heavy atom. The van der Waals surface area contributed by atoms with Crippen molar-refractivity contribution >= 4 is 20.4 Å². The van der Waals surface area contributed by atoms with E-state index in [9.17, 15) is 0 Å². The normalized spacial score (nSPS) is 19.8. The van der Waals surface area contributed by atoms with Crippen LogP contribution in [0.1, 0.15) is 12.8 Å². The van der Waals surface area contributed by atoms with Crippen LogP contribution in [-0.4, -0.2) is 14.3 Å². The smallest absolute Gasteiger partial charge is 0.116 e. The van der Waals surface area contributed by atoms with Gasteiger partial charge in [-0.05, 0) is 12.8 Å². The molecule has 0 nitrogen and oxygen atoms in total. The van der Waals surface area contributed by atoms with Gasteiger partial charge in [-0.15, -0.1) is 11.6 Å². The molecule has 2 rings (SSSR count). The van der Waals surface area contributed by atoms with Crippen LogP contribution in [0.5, 0.6) is 0 Å². The lowest BCUT2D eigenvalue weighted by molar-refractivity contribution is 1.44. The molecule has 13 heavy (non-hydrogen) atoms. The number of halogens is 1. The molecular weight excluding hydrogens is 196 g/mol. The molecule has 0 aromatic heterocycles. The third-order valence-electron chi connectivity index (χ3n) is 2.56. The van der Waals surface area contributed by atoms with Crippen molar-refractivity contribution in [2.75, 3.05) is 5.50 Å². The summed E-state index contributed by atoms with van der Waals surface area (Å²) < 4.78 is 0. The van der Waals surface area contributed by atoms with Crippen molar-refractivity contribution in [3.63, 3.8) is 0 Å². The molecule has 0 aliphatic heterocycles. The van der Waals surface area contributed by atoms with Crippen molar-refractivity contribution in [3.8, 4) is 0 Å². The Balaban J connectivity index is 2.17. The maximum Gasteiger partial charge on any atom is 0.116 e. The van der Waals surface area contributed by atoms with E-state index in [-0.39, 0.29) is 0 Å². The Bertz CT molecular complexity index is 280. The van der Waals surface area contributed by atoms with E-state index >= 15 is 0 Å². The molecule has 2 aliphatic carbocycles. The summed E-state index contributed by atoms with van der Waals surface area (Å²) in [4.78, 5) is 0. The third kappa shape index (κ3) is 1.87. The van der Waals surface area contributed by atoms with E-state index in [2.05, 4.69) is 36.5 Å². The van der Waals surface area contributed by atoms with E-state index in [0.29, 0.717) is 0 Å². The van der Waals surface area contributed by atoms with Crippen molar-refractivity contribution < 1.29 is 0 Å². The second-order valence-corrected chi connectivity index (χ2v) is 7.06. The van der Waals surface area contributed by atoms with Gasteiger partial charge >= 0.3 is 0 Å². The predicted octanol–water partition coefficient (Wildman–Crippen LogP) is 2.84. The van der Waals surface area contributed by atoms with Gasteiger partial charge in [0.15, 0.2) is 0 Å². The fourth-order valence-corrected chi connectivity index (χ4v) is 5.23. The molecule has 2 aliphatic rings. The molecular formula is C11H13ClSi. The van der Waals surface area contributed by atoms with Crippen LogP contribution >= 0.6 is 11.6 Å². The first-order valence-corrected chi connectivity index (χ1v) is 7.21. The first-order chi connectivity index (χ1) is 6.42. The zero-order valence-corrected chi connectivity index (χ0v) is 9.45. The molecule has 0 spiro atoms. The van der Waals surface area contributed by atoms with Crippen LogP contribution in [0.3, 0.4) is 0 Å². The van der Waals surface area contributed by atoms with E-state index < -0.39 is 8.80 Å². The van der Waals surface area contributed by atoms with Crippen LogP contribution in [0, 0.1) is 0 Å². The first-order valence-electron chi connectivity index (χ1n) is 4.71. The Labute approximate surface area is 85.9 Å². The van der Waals surface area contributed by atoms with Gasteiger partial charge in [-0.1, -0.05) is 46.8 Å². The zero-order chi connectivity index (χ0) is 9.10. The van der Waals surface area contributed by atoms with Crippen LogP contribution in [-0.2, 0) is 0 Å². The third-order valence-corrected chi connectivity index (χ3v) is 6.26. The lowest BCUT2D eigenvalue weighted by Gasteiger charge is -2.12. The van der Waals surface area contributed by atoms with Gasteiger partial charge in [0.2, 0.25) is 0 Å². The van der Waals surface area contributed by atoms with Crippen LogP contribution in [0.25, 0.3) is 0 Å². The summed E-state index contributed by atoms with van der Waals surface area (Å²) in [6.07, 6.45) is 15.8. The van der Waals surface area contributed by atoms with E-state index in [4.69, 9.17) is 11.6 Å². The minimum absolute atomic E-state index is 0.826. The SMILES string of the molecule is ClC[SiH](C1=CCC=C1)C1=CCC=C1. The zero-order valence-electron chi connectivity index (χ0n) is 7.54. The van der Waals surface area contributed by atoms with Crippen molar-refractivity contribution in [2.45, 2.75) is 12.8 Å². The highest BCUT2D eigenvalue weighted by Gasteiger charge is 2.19. The monoisotopic (exact) mass is 208 g/mol. The maximum absolute atomic E-state index is 6.04. The quantitative estimate of drug-likeness (QED) is 0.494. The molecule has 2 heteroatoms. The first kappa shape index (κ1) is 9.04. The number of allylic oxidation sites excluding steroid dienone is 8. The molecule has 68 valence electrons. The van der Waals surface area contributed by atoms with Crippen LogP contribution in [0.15, 0.2) is 46.8 Å². The second-order valence-electron chi connectivity index (χ2n) is 3.39. The Kier molecular flexibility index (Phi) is 2.86. The predicted molar refractivity (Wildman–Crippen MR) is 61.5 cm³/mol. The van der Waals surface area contributed by atoms with E-state index in [1.807, 2.05) is 0 Å². The molecule has 0 radical (unpaired) electrons. The molecule has 0 saturated carbocycles. The van der Waals surface area contributed by atoms with E-state index in [0.717, 1.165) is 18.3 Å². The summed E-state index contributed by atoms with van der Waals surface area (Å²) >= 11 is 6.04. The summed E-state index contributed by atoms with van der Waals surface area (Å²) in [5, 5.41) is 3.04. The summed E-state index contributed by atoms with van der Waals surface area (Å²) in [5.41, 5.74) is 0.826. The fraction of sp³-hybridized carbons (Fsp3) is 0.273. The average molecular weight is 209 g/mol. The highest BCUT2D eigenvalue weighted by Crippen LogP contribution is 2.22. The van der Waals surface area contributed by atoms with Crippen molar-refractivity contribution in [3.05, 3.63) is 46.8 Å². The summed E-state index contributed by atoms with van der Waals surface area (Å²) in [7, 11) is -1.00. The van der Waals surface area contributed by atoms with Gasteiger partial charge in [0, 0.05) is 5.50 Å². The summed E-state index contributed by atoms with van der Waals surface area (Å²) in [6.45, 7) is 0. The number of hydrogen-bond donors (Lipinski definition) is 0. The molecule has 0 heterocycles. The van der Waals surface area contributed by atoms with Gasteiger partial charge in [0.1, 0.15) is 8.80 Å². The Hall–Kier alpha value is -0.533. The largest absolute Gasteiger partial charge is 0.130 e. The molecule has 0 bridgehead atoms. The van der Waals surface area contributed by atoms with Crippen LogP contribution in [0.2, 0.25) is 0 Å². The van der Waals surface area contributed by atoms with Gasteiger partial charge in [-0.25, -0.2) is 0 Å². The second kappa shape index (κ2) is 4.12. The summed E-state index contributed by atoms with van der Waals surface area (Å²) in [6, 6.07) is 0. The van der Waals surface area contributed by atoms with Crippen molar-refractivity contribution in [1.29, 1.82) is 0 Å². The number of rotatable bonds is 3. The van der Waals surface area contributed by atoms with Crippen molar-refractivity contribution in [2.24, 2.45) is 0 Å². The van der Waals surface area contributed by atoms with Crippen molar-refractivity contribution in [1.82, 2.24) is 0 Å². The molecule has 0 saturated heterocycles. The molecule has 0 aromatic carbocycles. The van der Waals surface area contributed by atoms with Crippen LogP contribution < -0.4 is 0 Å². The molecule has 0 atom stereocenters. The van der Waals surface area contributed by atoms with Gasteiger partial charge < -0.3 is 0 Å². The van der Waals surface area contributed by atoms with E-state index in [1.165, 1.54) is 10.4 Å². The highest BCUT2D eigenvalue weighted by atomic mass is 35.5. The van der Waals surface area contributed by atoms with Crippen LogP contribution in [0.4, 0.5) is 0 Å². The average Bonchev–Trinajstić information content (AvgIpc) is 2.76. The number of hydrogen-bond acceptors (Lipinski definition) is 0. The van der Waals surface area contributed by atoms with Gasteiger partial charge in [0.05, 0.1) is 0 Å². The molecule has 0 aromatic rings. The molecule has 0 N–H and O–H groups in total.